The highest BCUT2D eigenvalue weighted by atomic mass is 32.2. The number of aliphatic imine (C=N–C) groups is 1. The standard InChI is InChI=1S/C16H18N2OS/c1-17-15-10-14(19-2)8-9-16(15)20-12-18-11-13-6-4-3-5-7-13/h3-10,18H,1,11-12H2,2H3. The average molecular weight is 286 g/mol. The Morgan fingerprint density at radius 3 is 2.70 bits per heavy atom. The van der Waals surface area contributed by atoms with Crippen LogP contribution < -0.4 is 10.1 Å². The van der Waals surface area contributed by atoms with E-state index in [4.69, 9.17) is 4.74 Å². The predicted octanol–water partition coefficient (Wildman–Crippen LogP) is 3.87. The van der Waals surface area contributed by atoms with Crippen LogP contribution in [-0.2, 0) is 6.54 Å². The molecular formula is C16H18N2OS. The van der Waals surface area contributed by atoms with Gasteiger partial charge in [0.1, 0.15) is 5.75 Å². The SMILES string of the molecule is C=Nc1cc(OC)ccc1SCNCc1ccccc1. The maximum absolute atomic E-state index is 5.18. The van der Waals surface area contributed by atoms with E-state index >= 15 is 0 Å². The third-order valence-electron chi connectivity index (χ3n) is 2.84. The van der Waals surface area contributed by atoms with Crippen molar-refractivity contribution in [3.8, 4) is 5.75 Å². The molecule has 0 radical (unpaired) electrons. The van der Waals surface area contributed by atoms with E-state index in [1.54, 1.807) is 18.9 Å². The zero-order chi connectivity index (χ0) is 14.2. The first-order chi connectivity index (χ1) is 9.83. The van der Waals surface area contributed by atoms with Gasteiger partial charge in [-0.3, -0.25) is 4.99 Å². The van der Waals surface area contributed by atoms with E-state index in [9.17, 15) is 0 Å². The third kappa shape index (κ3) is 4.11. The lowest BCUT2D eigenvalue weighted by Gasteiger charge is -2.08. The van der Waals surface area contributed by atoms with Gasteiger partial charge in [0.15, 0.2) is 0 Å². The topological polar surface area (TPSA) is 33.6 Å². The second-order valence-electron chi connectivity index (χ2n) is 4.19. The first-order valence-corrected chi connectivity index (χ1v) is 7.34. The van der Waals surface area contributed by atoms with Crippen LogP contribution in [0.25, 0.3) is 0 Å². The predicted molar refractivity (Wildman–Crippen MR) is 86.2 cm³/mol. The maximum Gasteiger partial charge on any atom is 0.121 e. The lowest BCUT2D eigenvalue weighted by molar-refractivity contribution is 0.414. The van der Waals surface area contributed by atoms with Crippen LogP contribution in [0.5, 0.6) is 5.75 Å². The van der Waals surface area contributed by atoms with Crippen molar-refractivity contribution in [1.29, 1.82) is 0 Å². The first-order valence-electron chi connectivity index (χ1n) is 6.35. The molecule has 0 aliphatic carbocycles. The quantitative estimate of drug-likeness (QED) is 0.363. The molecule has 0 aliphatic rings. The number of thioether (sulfide) groups is 1. The highest BCUT2D eigenvalue weighted by Gasteiger charge is 2.03. The van der Waals surface area contributed by atoms with Crippen LogP contribution in [0.2, 0.25) is 0 Å². The highest BCUT2D eigenvalue weighted by molar-refractivity contribution is 7.99. The Hall–Kier alpha value is -1.78. The molecule has 0 amide bonds. The van der Waals surface area contributed by atoms with Crippen LogP contribution in [0, 0.1) is 0 Å². The average Bonchev–Trinajstić information content (AvgIpc) is 2.52. The van der Waals surface area contributed by atoms with Crippen LogP contribution in [0.4, 0.5) is 5.69 Å². The molecule has 4 heteroatoms. The van der Waals surface area contributed by atoms with Gasteiger partial charge >= 0.3 is 0 Å². The third-order valence-corrected chi connectivity index (χ3v) is 3.84. The van der Waals surface area contributed by atoms with Crippen molar-refractivity contribution in [2.24, 2.45) is 4.99 Å². The summed E-state index contributed by atoms with van der Waals surface area (Å²) in [5, 5.41) is 3.40. The Labute approximate surface area is 124 Å². The van der Waals surface area contributed by atoms with Crippen molar-refractivity contribution < 1.29 is 4.74 Å². The molecule has 1 N–H and O–H groups in total. The number of methoxy groups -OCH3 is 1. The molecule has 0 bridgehead atoms. The largest absolute Gasteiger partial charge is 0.497 e. The van der Waals surface area contributed by atoms with Crippen LogP contribution in [0.15, 0.2) is 58.4 Å². The second-order valence-corrected chi connectivity index (χ2v) is 5.21. The summed E-state index contributed by atoms with van der Waals surface area (Å²) in [6.45, 7) is 4.47. The summed E-state index contributed by atoms with van der Waals surface area (Å²) in [5.74, 6) is 1.62. The normalized spacial score (nSPS) is 10.2. The van der Waals surface area contributed by atoms with Crippen molar-refractivity contribution >= 4 is 24.2 Å². The van der Waals surface area contributed by atoms with Crippen LogP contribution >= 0.6 is 11.8 Å². The van der Waals surface area contributed by atoms with Crippen molar-refractivity contribution in [1.82, 2.24) is 5.32 Å². The van der Waals surface area contributed by atoms with Gasteiger partial charge in [-0.25, -0.2) is 0 Å². The molecule has 0 aromatic heterocycles. The molecule has 0 unspecified atom stereocenters. The molecule has 0 aliphatic heterocycles. The van der Waals surface area contributed by atoms with Crippen molar-refractivity contribution in [2.75, 3.05) is 13.0 Å². The molecule has 0 saturated heterocycles. The summed E-state index contributed by atoms with van der Waals surface area (Å²) >= 11 is 1.71. The van der Waals surface area contributed by atoms with E-state index < -0.39 is 0 Å². The number of rotatable bonds is 7. The van der Waals surface area contributed by atoms with E-state index in [0.29, 0.717) is 0 Å². The van der Waals surface area contributed by atoms with Gasteiger partial charge in [0, 0.05) is 23.4 Å². The highest BCUT2D eigenvalue weighted by Crippen LogP contribution is 2.32. The molecule has 0 spiro atoms. The summed E-state index contributed by atoms with van der Waals surface area (Å²) in [5.41, 5.74) is 2.14. The summed E-state index contributed by atoms with van der Waals surface area (Å²) in [6, 6.07) is 16.2. The smallest absolute Gasteiger partial charge is 0.121 e. The van der Waals surface area contributed by atoms with E-state index in [-0.39, 0.29) is 0 Å². The lowest BCUT2D eigenvalue weighted by Crippen LogP contribution is -2.11. The lowest BCUT2D eigenvalue weighted by atomic mass is 10.2. The molecule has 104 valence electrons. The summed E-state index contributed by atoms with van der Waals surface area (Å²) in [6.07, 6.45) is 0. The van der Waals surface area contributed by atoms with Gasteiger partial charge in [-0.1, -0.05) is 30.3 Å². The fourth-order valence-electron chi connectivity index (χ4n) is 1.79. The number of benzene rings is 2. The van der Waals surface area contributed by atoms with Crippen molar-refractivity contribution in [3.05, 3.63) is 54.1 Å². The molecule has 3 nitrogen and oxygen atoms in total. The maximum atomic E-state index is 5.18. The fourth-order valence-corrected chi connectivity index (χ4v) is 2.59. The molecule has 2 rings (SSSR count). The van der Waals surface area contributed by atoms with Crippen molar-refractivity contribution in [2.45, 2.75) is 11.4 Å². The molecule has 20 heavy (non-hydrogen) atoms. The Bertz CT molecular complexity index is 558. The van der Waals surface area contributed by atoms with Crippen LogP contribution in [0.1, 0.15) is 5.56 Å². The van der Waals surface area contributed by atoms with Gasteiger partial charge in [-0.2, -0.15) is 0 Å². The molecule has 0 fully saturated rings. The molecule has 0 atom stereocenters. The monoisotopic (exact) mass is 286 g/mol. The Kier molecular flexibility index (Phi) is 5.65. The van der Waals surface area contributed by atoms with Crippen LogP contribution in [0.3, 0.4) is 0 Å². The van der Waals surface area contributed by atoms with Crippen LogP contribution in [-0.4, -0.2) is 19.7 Å². The Morgan fingerprint density at radius 1 is 1.20 bits per heavy atom. The second kappa shape index (κ2) is 7.72. The van der Waals surface area contributed by atoms with E-state index in [1.165, 1.54) is 5.56 Å². The summed E-state index contributed by atoms with van der Waals surface area (Å²) in [4.78, 5) is 5.14. The molecule has 2 aromatic rings. The van der Waals surface area contributed by atoms with E-state index in [1.807, 2.05) is 36.4 Å². The van der Waals surface area contributed by atoms with Gasteiger partial charge in [0.25, 0.3) is 0 Å². The molecule has 0 heterocycles. The molecule has 0 saturated carbocycles. The molecule has 2 aromatic carbocycles. The van der Waals surface area contributed by atoms with Gasteiger partial charge in [-0.05, 0) is 24.4 Å². The van der Waals surface area contributed by atoms with E-state index in [2.05, 4.69) is 29.2 Å². The van der Waals surface area contributed by atoms with E-state index in [0.717, 1.165) is 28.8 Å². The van der Waals surface area contributed by atoms with Gasteiger partial charge in [0.2, 0.25) is 0 Å². The van der Waals surface area contributed by atoms with Gasteiger partial charge in [0.05, 0.1) is 12.8 Å². The van der Waals surface area contributed by atoms with Crippen molar-refractivity contribution in [3.63, 3.8) is 0 Å². The number of hydrogen-bond acceptors (Lipinski definition) is 4. The summed E-state index contributed by atoms with van der Waals surface area (Å²) < 4.78 is 5.18. The number of nitrogens with zero attached hydrogens (tertiary/aromatic N) is 1. The summed E-state index contributed by atoms with van der Waals surface area (Å²) in [7, 11) is 1.65. The number of nitrogens with one attached hydrogen (secondary N) is 1. The minimum absolute atomic E-state index is 0.800. The van der Waals surface area contributed by atoms with Gasteiger partial charge < -0.3 is 10.1 Å². The first kappa shape index (κ1) is 14.6. The molecular weight excluding hydrogens is 268 g/mol. The Morgan fingerprint density at radius 2 is 2.00 bits per heavy atom. The number of ether oxygens (including phenoxy) is 1. The number of hydrogen-bond donors (Lipinski definition) is 1. The zero-order valence-corrected chi connectivity index (χ0v) is 12.3. The minimum atomic E-state index is 0.800. The minimum Gasteiger partial charge on any atom is -0.497 e. The van der Waals surface area contributed by atoms with Gasteiger partial charge in [-0.15, -0.1) is 11.8 Å². The zero-order valence-electron chi connectivity index (χ0n) is 11.5. The Balaban J connectivity index is 1.86. The fraction of sp³-hybridized carbons (Fsp3) is 0.188.